The number of anilines is 1. The minimum absolute atomic E-state index is 0.0334. The van der Waals surface area contributed by atoms with Crippen LogP contribution in [-0.2, 0) is 4.79 Å². The van der Waals surface area contributed by atoms with Gasteiger partial charge in [0.25, 0.3) is 0 Å². The van der Waals surface area contributed by atoms with Gasteiger partial charge in [0.05, 0.1) is 18.3 Å². The van der Waals surface area contributed by atoms with E-state index in [0.717, 1.165) is 71.9 Å². The number of nitrogens with one attached hydrogen (secondary N) is 2. The number of pyridine rings is 1. The molecule has 0 saturated carbocycles. The van der Waals surface area contributed by atoms with Gasteiger partial charge in [0, 0.05) is 60.7 Å². The molecule has 2 aliphatic rings. The average molecular weight is 447 g/mol. The van der Waals surface area contributed by atoms with Crippen molar-refractivity contribution >= 4 is 22.5 Å². The first-order chi connectivity index (χ1) is 16.1. The molecular formula is C26H30N4O3. The largest absolute Gasteiger partial charge is 0.497 e. The van der Waals surface area contributed by atoms with Crippen molar-refractivity contribution < 1.29 is 14.3 Å². The van der Waals surface area contributed by atoms with E-state index in [1.807, 2.05) is 31.3 Å². The Kier molecular flexibility index (Phi) is 5.81. The van der Waals surface area contributed by atoms with Gasteiger partial charge in [-0.15, -0.1) is 0 Å². The first-order valence-corrected chi connectivity index (χ1v) is 11.5. The summed E-state index contributed by atoms with van der Waals surface area (Å²) in [6.07, 6.45) is 1.63. The van der Waals surface area contributed by atoms with Gasteiger partial charge in [-0.25, -0.2) is 4.98 Å². The van der Waals surface area contributed by atoms with E-state index in [1.54, 1.807) is 7.11 Å². The Balaban J connectivity index is 1.50. The molecule has 1 unspecified atom stereocenters. The highest BCUT2D eigenvalue weighted by Gasteiger charge is 2.44. The van der Waals surface area contributed by atoms with E-state index in [4.69, 9.17) is 14.5 Å². The van der Waals surface area contributed by atoms with Gasteiger partial charge >= 0.3 is 0 Å². The lowest BCUT2D eigenvalue weighted by molar-refractivity contribution is -0.119. The molecule has 1 spiro atoms. The third-order valence-corrected chi connectivity index (χ3v) is 6.74. The molecule has 2 aromatic carbocycles. The van der Waals surface area contributed by atoms with Crippen molar-refractivity contribution in [2.75, 3.05) is 51.8 Å². The number of fused-ring (bicyclic) bond motifs is 1. The summed E-state index contributed by atoms with van der Waals surface area (Å²) >= 11 is 0. The normalized spacial score (nSPS) is 19.9. The van der Waals surface area contributed by atoms with E-state index in [9.17, 15) is 4.79 Å². The number of carbonyl (C=O) groups is 1. The molecule has 2 aliphatic heterocycles. The minimum Gasteiger partial charge on any atom is -0.497 e. The second-order valence-electron chi connectivity index (χ2n) is 9.01. The highest BCUT2D eigenvalue weighted by molar-refractivity contribution is 5.95. The molecule has 7 nitrogen and oxygen atoms in total. The maximum atomic E-state index is 11.9. The fraction of sp³-hybridized carbons (Fsp3) is 0.385. The molecule has 172 valence electrons. The van der Waals surface area contributed by atoms with Crippen LogP contribution in [0.3, 0.4) is 0 Å². The summed E-state index contributed by atoms with van der Waals surface area (Å²) < 4.78 is 11.2. The third kappa shape index (κ3) is 4.33. The van der Waals surface area contributed by atoms with Crippen molar-refractivity contribution in [2.24, 2.45) is 5.41 Å². The van der Waals surface area contributed by atoms with E-state index in [1.165, 1.54) is 0 Å². The van der Waals surface area contributed by atoms with Crippen molar-refractivity contribution in [1.29, 1.82) is 0 Å². The predicted molar refractivity (Wildman–Crippen MR) is 130 cm³/mol. The molecule has 7 heteroatoms. The van der Waals surface area contributed by atoms with Crippen molar-refractivity contribution in [1.82, 2.24) is 15.6 Å². The lowest BCUT2D eigenvalue weighted by Gasteiger charge is -2.25. The van der Waals surface area contributed by atoms with Gasteiger partial charge in [0.15, 0.2) is 0 Å². The zero-order valence-corrected chi connectivity index (χ0v) is 19.2. The number of methoxy groups -OCH3 is 1. The number of rotatable bonds is 7. The monoisotopic (exact) mass is 446 g/mol. The van der Waals surface area contributed by atoms with Crippen molar-refractivity contribution in [3.63, 3.8) is 0 Å². The number of nitrogens with zero attached hydrogens (tertiary/aromatic N) is 2. The molecule has 0 aliphatic carbocycles. The number of benzene rings is 2. The molecule has 0 radical (unpaired) electrons. The van der Waals surface area contributed by atoms with Gasteiger partial charge in [0.2, 0.25) is 5.91 Å². The highest BCUT2D eigenvalue weighted by Crippen LogP contribution is 2.42. The fourth-order valence-corrected chi connectivity index (χ4v) is 4.90. The van der Waals surface area contributed by atoms with E-state index >= 15 is 0 Å². The van der Waals surface area contributed by atoms with Crippen LogP contribution in [0.25, 0.3) is 22.2 Å². The van der Waals surface area contributed by atoms with Crippen molar-refractivity contribution in [3.8, 4) is 22.8 Å². The van der Waals surface area contributed by atoms with Crippen LogP contribution in [-0.4, -0.2) is 57.8 Å². The summed E-state index contributed by atoms with van der Waals surface area (Å²) in [5.74, 6) is 1.80. The number of likely N-dealkylation sites (N-methyl/N-ethyl adjacent to an activating group) is 1. The number of hydrogen-bond donors (Lipinski definition) is 2. The number of aromatic nitrogens is 1. The smallest absolute Gasteiger partial charge is 0.220 e. The Bertz CT molecular complexity index is 1160. The molecule has 33 heavy (non-hydrogen) atoms. The Hall–Kier alpha value is -3.32. The lowest BCUT2D eigenvalue weighted by Crippen LogP contribution is -2.29. The molecule has 2 N–H and O–H groups in total. The van der Waals surface area contributed by atoms with Crippen LogP contribution >= 0.6 is 0 Å². The second kappa shape index (κ2) is 8.90. The number of hydrogen-bond acceptors (Lipinski definition) is 6. The second-order valence-corrected chi connectivity index (χ2v) is 9.01. The van der Waals surface area contributed by atoms with Gasteiger partial charge in [-0.3, -0.25) is 4.79 Å². The van der Waals surface area contributed by atoms with Gasteiger partial charge in [-0.1, -0.05) is 0 Å². The van der Waals surface area contributed by atoms with Crippen LogP contribution in [0.15, 0.2) is 48.5 Å². The molecule has 3 heterocycles. The van der Waals surface area contributed by atoms with Gasteiger partial charge in [-0.2, -0.15) is 0 Å². The zero-order valence-electron chi connectivity index (χ0n) is 19.2. The van der Waals surface area contributed by atoms with Gasteiger partial charge in [-0.05, 0) is 55.9 Å². The summed E-state index contributed by atoms with van der Waals surface area (Å²) in [5, 5.41) is 7.21. The number of amides is 1. The summed E-state index contributed by atoms with van der Waals surface area (Å²) in [7, 11) is 3.58. The van der Waals surface area contributed by atoms with Crippen molar-refractivity contribution in [3.05, 3.63) is 48.5 Å². The van der Waals surface area contributed by atoms with Crippen LogP contribution in [0.4, 0.5) is 5.69 Å². The molecular weight excluding hydrogens is 416 g/mol. The third-order valence-electron chi connectivity index (χ3n) is 6.74. The molecule has 2 saturated heterocycles. The molecule has 0 bridgehead atoms. The van der Waals surface area contributed by atoms with E-state index < -0.39 is 0 Å². The Labute approximate surface area is 194 Å². The maximum absolute atomic E-state index is 11.9. The summed E-state index contributed by atoms with van der Waals surface area (Å²) in [4.78, 5) is 19.3. The predicted octanol–water partition coefficient (Wildman–Crippen LogP) is 3.23. The van der Waals surface area contributed by atoms with Crippen LogP contribution in [0.1, 0.15) is 12.8 Å². The average Bonchev–Trinajstić information content (AvgIpc) is 3.43. The van der Waals surface area contributed by atoms with Gasteiger partial charge in [0.1, 0.15) is 18.1 Å². The Morgan fingerprint density at radius 2 is 1.97 bits per heavy atom. The lowest BCUT2D eigenvalue weighted by atomic mass is 9.86. The minimum atomic E-state index is 0.0334. The van der Waals surface area contributed by atoms with Crippen LogP contribution in [0.5, 0.6) is 11.5 Å². The summed E-state index contributed by atoms with van der Waals surface area (Å²) in [6, 6.07) is 16.3. The fourth-order valence-electron chi connectivity index (χ4n) is 4.90. The van der Waals surface area contributed by atoms with Crippen LogP contribution in [0, 0.1) is 5.41 Å². The topological polar surface area (TPSA) is 75.7 Å². The van der Waals surface area contributed by atoms with Crippen molar-refractivity contribution in [2.45, 2.75) is 12.8 Å². The van der Waals surface area contributed by atoms with Gasteiger partial charge < -0.3 is 25.0 Å². The maximum Gasteiger partial charge on any atom is 0.220 e. The summed E-state index contributed by atoms with van der Waals surface area (Å²) in [5.41, 5.74) is 4.04. The highest BCUT2D eigenvalue weighted by atomic mass is 16.5. The van der Waals surface area contributed by atoms with Crippen LogP contribution in [0.2, 0.25) is 0 Å². The molecule has 1 atom stereocenters. The van der Waals surface area contributed by atoms with E-state index in [2.05, 4.69) is 39.8 Å². The number of ether oxygens (including phenoxy) is 2. The molecule has 5 rings (SSSR count). The Morgan fingerprint density at radius 1 is 1.15 bits per heavy atom. The first-order valence-electron chi connectivity index (χ1n) is 11.5. The zero-order chi connectivity index (χ0) is 22.8. The van der Waals surface area contributed by atoms with E-state index in [-0.39, 0.29) is 11.3 Å². The Morgan fingerprint density at radius 3 is 2.70 bits per heavy atom. The van der Waals surface area contributed by atoms with E-state index in [0.29, 0.717) is 13.0 Å². The standard InChI is InChI=1S/C26H30N4O3/c1-27-10-12-33-19-5-3-18(4-6-19)22-14-24(21-8-7-20(32-2)13-23(21)29-22)30-11-9-26(17-30)15-25(31)28-16-26/h3-8,13-14,27H,9-12,15-17H2,1-2H3,(H,28,31). The summed E-state index contributed by atoms with van der Waals surface area (Å²) in [6.45, 7) is 3.99. The molecule has 3 aromatic rings. The molecule has 1 amide bonds. The molecule has 2 fully saturated rings. The quantitative estimate of drug-likeness (QED) is 0.543. The first kappa shape index (κ1) is 21.5. The SMILES string of the molecule is CNCCOc1ccc(-c2cc(N3CCC4(CNC(=O)C4)C3)c3ccc(OC)cc3n2)cc1. The van der Waals surface area contributed by atoms with Crippen LogP contribution < -0.4 is 25.0 Å². The number of carbonyl (C=O) groups excluding carboxylic acids is 1. The molecule has 1 aromatic heterocycles.